The third-order valence-electron chi connectivity index (χ3n) is 3.97. The minimum absolute atomic E-state index is 0.155. The van der Waals surface area contributed by atoms with Crippen LogP contribution in [0.2, 0.25) is 0 Å². The van der Waals surface area contributed by atoms with E-state index in [0.717, 1.165) is 12.2 Å². The zero-order valence-corrected chi connectivity index (χ0v) is 15.1. The molecule has 0 fully saturated rings. The molecule has 0 aromatic heterocycles. The van der Waals surface area contributed by atoms with E-state index in [2.05, 4.69) is 99.7 Å². The smallest absolute Gasteiger partial charge is 0.0903 e. The van der Waals surface area contributed by atoms with Gasteiger partial charge in [0.1, 0.15) is 0 Å². The van der Waals surface area contributed by atoms with Crippen LogP contribution < -0.4 is 0 Å². The summed E-state index contributed by atoms with van der Waals surface area (Å²) in [6, 6.07) is 21.7. The Bertz CT molecular complexity index is 599. The highest BCUT2D eigenvalue weighted by Gasteiger charge is 2.36. The van der Waals surface area contributed by atoms with E-state index in [0.29, 0.717) is 0 Å². The van der Waals surface area contributed by atoms with E-state index in [1.54, 1.807) is 0 Å². The van der Waals surface area contributed by atoms with Gasteiger partial charge >= 0.3 is 0 Å². The quantitative estimate of drug-likeness (QED) is 0.518. The second kappa shape index (κ2) is 8.79. The monoisotopic (exact) mass is 322 g/mol. The Hall–Kier alpha value is -1.73. The van der Waals surface area contributed by atoms with Crippen molar-refractivity contribution in [2.45, 2.75) is 31.9 Å². The Balaban J connectivity index is 2.72. The average Bonchev–Trinajstić information content (AvgIpc) is 2.62. The Morgan fingerprint density at radius 2 is 1.43 bits per heavy atom. The Morgan fingerprint density at radius 1 is 0.913 bits per heavy atom. The summed E-state index contributed by atoms with van der Waals surface area (Å²) < 4.78 is -0.155. The van der Waals surface area contributed by atoms with Crippen molar-refractivity contribution in [2.75, 3.05) is 5.75 Å². The molecule has 2 aromatic carbocycles. The highest BCUT2D eigenvalue weighted by molar-refractivity contribution is 8.00. The van der Waals surface area contributed by atoms with Crippen LogP contribution >= 0.6 is 11.8 Å². The maximum absolute atomic E-state index is 2.29. The molecule has 0 saturated heterocycles. The van der Waals surface area contributed by atoms with Gasteiger partial charge in [0.25, 0.3) is 0 Å². The van der Waals surface area contributed by atoms with Gasteiger partial charge in [0, 0.05) is 0 Å². The minimum atomic E-state index is -0.155. The van der Waals surface area contributed by atoms with Crippen molar-refractivity contribution in [3.05, 3.63) is 95.6 Å². The van der Waals surface area contributed by atoms with Gasteiger partial charge in [-0.3, -0.25) is 0 Å². The maximum atomic E-state index is 2.29. The van der Waals surface area contributed by atoms with Crippen LogP contribution in [0.1, 0.15) is 38.3 Å². The molecule has 0 aliphatic rings. The zero-order valence-electron chi connectivity index (χ0n) is 14.3. The number of hydrogen-bond donors (Lipinski definition) is 0. The standard InChI is InChI=1S/C22H26S/c1-4-7-14-19(5-2)22(23-6-3,20-15-10-8-11-16-20)21-17-12-9-13-18-21/h5,7-18H,4,6H2,1-3H3/b14-7-,19-5+. The SMILES string of the molecule is C/C=C(\C=C/CC)C(SCC)(c1ccccc1)c1ccccc1. The number of hydrogen-bond acceptors (Lipinski definition) is 1. The largest absolute Gasteiger partial charge is 0.141 e. The summed E-state index contributed by atoms with van der Waals surface area (Å²) >= 11 is 1.99. The molecular weight excluding hydrogens is 296 g/mol. The molecule has 1 heteroatoms. The van der Waals surface area contributed by atoms with Crippen molar-refractivity contribution in [1.29, 1.82) is 0 Å². The van der Waals surface area contributed by atoms with Crippen LogP contribution in [-0.2, 0) is 4.75 Å². The predicted molar refractivity (Wildman–Crippen MR) is 105 cm³/mol. The van der Waals surface area contributed by atoms with Gasteiger partial charge < -0.3 is 0 Å². The van der Waals surface area contributed by atoms with Crippen LogP contribution in [0.15, 0.2) is 84.5 Å². The fraction of sp³-hybridized carbons (Fsp3) is 0.273. The molecule has 0 aliphatic heterocycles. The lowest BCUT2D eigenvalue weighted by atomic mass is 9.83. The molecule has 0 heterocycles. The van der Waals surface area contributed by atoms with Gasteiger partial charge in [-0.05, 0) is 35.8 Å². The van der Waals surface area contributed by atoms with Crippen LogP contribution in [0.3, 0.4) is 0 Å². The molecule has 0 amide bonds. The topological polar surface area (TPSA) is 0 Å². The summed E-state index contributed by atoms with van der Waals surface area (Å²) in [6.07, 6.45) is 7.86. The molecule has 23 heavy (non-hydrogen) atoms. The fourth-order valence-electron chi connectivity index (χ4n) is 2.97. The summed E-state index contributed by atoms with van der Waals surface area (Å²) in [5.74, 6) is 1.06. The van der Waals surface area contributed by atoms with Gasteiger partial charge in [0.2, 0.25) is 0 Å². The van der Waals surface area contributed by atoms with E-state index in [1.807, 2.05) is 11.8 Å². The minimum Gasteiger partial charge on any atom is -0.141 e. The summed E-state index contributed by atoms with van der Waals surface area (Å²) in [7, 11) is 0. The van der Waals surface area contributed by atoms with Crippen molar-refractivity contribution in [1.82, 2.24) is 0 Å². The van der Waals surface area contributed by atoms with Gasteiger partial charge in [0.05, 0.1) is 4.75 Å². The van der Waals surface area contributed by atoms with Crippen LogP contribution in [0, 0.1) is 0 Å². The molecule has 2 rings (SSSR count). The first-order chi connectivity index (χ1) is 11.3. The maximum Gasteiger partial charge on any atom is 0.0903 e. The third kappa shape index (κ3) is 3.79. The Morgan fingerprint density at radius 3 is 1.83 bits per heavy atom. The first kappa shape index (κ1) is 17.6. The van der Waals surface area contributed by atoms with Crippen LogP contribution in [0.5, 0.6) is 0 Å². The molecule has 0 unspecified atom stereocenters. The van der Waals surface area contributed by atoms with Gasteiger partial charge in [-0.1, -0.05) is 92.7 Å². The van der Waals surface area contributed by atoms with Crippen molar-refractivity contribution >= 4 is 11.8 Å². The van der Waals surface area contributed by atoms with Gasteiger partial charge in [-0.25, -0.2) is 0 Å². The highest BCUT2D eigenvalue weighted by Crippen LogP contribution is 2.49. The van der Waals surface area contributed by atoms with Crippen molar-refractivity contribution < 1.29 is 0 Å². The molecule has 0 bridgehead atoms. The summed E-state index contributed by atoms with van der Waals surface area (Å²) in [6.45, 7) is 6.57. The Labute approximate surface area is 145 Å². The average molecular weight is 323 g/mol. The van der Waals surface area contributed by atoms with E-state index in [-0.39, 0.29) is 4.75 Å². The molecule has 0 aliphatic carbocycles. The van der Waals surface area contributed by atoms with E-state index < -0.39 is 0 Å². The Kier molecular flexibility index (Phi) is 6.73. The number of benzene rings is 2. The van der Waals surface area contributed by atoms with Crippen LogP contribution in [-0.4, -0.2) is 5.75 Å². The van der Waals surface area contributed by atoms with E-state index >= 15 is 0 Å². The molecule has 0 N–H and O–H groups in total. The molecule has 0 radical (unpaired) electrons. The number of thioether (sulfide) groups is 1. The summed E-state index contributed by atoms with van der Waals surface area (Å²) in [4.78, 5) is 0. The van der Waals surface area contributed by atoms with Crippen LogP contribution in [0.25, 0.3) is 0 Å². The molecule has 2 aromatic rings. The van der Waals surface area contributed by atoms with Crippen molar-refractivity contribution in [3.8, 4) is 0 Å². The lowest BCUT2D eigenvalue weighted by Crippen LogP contribution is -2.26. The fourth-order valence-corrected chi connectivity index (χ4v) is 4.36. The van der Waals surface area contributed by atoms with Gasteiger partial charge in [-0.15, -0.1) is 11.8 Å². The molecule has 0 atom stereocenters. The molecule has 120 valence electrons. The zero-order chi connectivity index (χ0) is 16.5. The number of rotatable bonds is 7. The van der Waals surface area contributed by atoms with Gasteiger partial charge in [-0.2, -0.15) is 0 Å². The lowest BCUT2D eigenvalue weighted by Gasteiger charge is -2.36. The first-order valence-corrected chi connectivity index (χ1v) is 9.36. The predicted octanol–water partition coefficient (Wildman–Crippen LogP) is 6.60. The van der Waals surface area contributed by atoms with Gasteiger partial charge in [0.15, 0.2) is 0 Å². The van der Waals surface area contributed by atoms with Crippen LogP contribution in [0.4, 0.5) is 0 Å². The summed E-state index contributed by atoms with van der Waals surface area (Å²) in [5.41, 5.74) is 4.03. The second-order valence-corrected chi connectivity index (χ2v) is 6.88. The first-order valence-electron chi connectivity index (χ1n) is 8.37. The lowest BCUT2D eigenvalue weighted by molar-refractivity contribution is 0.889. The normalized spacial score (nSPS) is 12.7. The molecular formula is C22H26S. The summed E-state index contributed by atoms with van der Waals surface area (Å²) in [5, 5.41) is 0. The van der Waals surface area contributed by atoms with E-state index in [4.69, 9.17) is 0 Å². The van der Waals surface area contributed by atoms with E-state index in [1.165, 1.54) is 16.7 Å². The molecule has 0 nitrogen and oxygen atoms in total. The van der Waals surface area contributed by atoms with E-state index in [9.17, 15) is 0 Å². The number of allylic oxidation sites excluding steroid dienone is 3. The highest BCUT2D eigenvalue weighted by atomic mass is 32.2. The molecule has 0 saturated carbocycles. The molecule has 0 spiro atoms. The van der Waals surface area contributed by atoms with Crippen molar-refractivity contribution in [3.63, 3.8) is 0 Å². The third-order valence-corrected chi connectivity index (χ3v) is 5.40. The second-order valence-electron chi connectivity index (χ2n) is 5.40. The van der Waals surface area contributed by atoms with Crippen molar-refractivity contribution in [2.24, 2.45) is 0 Å².